The third-order valence-electron chi connectivity index (χ3n) is 1.86. The molecule has 0 unspecified atom stereocenters. The van der Waals surface area contributed by atoms with Crippen molar-refractivity contribution in [2.75, 3.05) is 12.0 Å². The summed E-state index contributed by atoms with van der Waals surface area (Å²) >= 11 is 0. The second kappa shape index (κ2) is 5.11. The van der Waals surface area contributed by atoms with Crippen LogP contribution >= 0.6 is 0 Å². The van der Waals surface area contributed by atoms with Crippen molar-refractivity contribution in [2.24, 2.45) is 5.84 Å². The van der Waals surface area contributed by atoms with Gasteiger partial charge in [0.05, 0.1) is 17.9 Å². The van der Waals surface area contributed by atoms with Gasteiger partial charge in [-0.15, -0.1) is 0 Å². The molecule has 1 aromatic carbocycles. The summed E-state index contributed by atoms with van der Waals surface area (Å²) in [5.41, 5.74) is 3.18. The molecule has 5 heteroatoms. The van der Waals surface area contributed by atoms with Crippen molar-refractivity contribution >= 4 is 17.9 Å². The van der Waals surface area contributed by atoms with Crippen LogP contribution in [0.1, 0.15) is 27.6 Å². The van der Waals surface area contributed by atoms with Crippen LogP contribution in [-0.2, 0) is 4.74 Å². The molecule has 0 radical (unpaired) electrons. The van der Waals surface area contributed by atoms with Crippen molar-refractivity contribution < 1.29 is 14.3 Å². The van der Waals surface area contributed by atoms with Gasteiger partial charge in [0.25, 0.3) is 0 Å². The fraction of sp³-hybridized carbons (Fsp3) is 0.200. The molecule has 3 N–H and O–H groups in total. The Kier molecular flexibility index (Phi) is 3.82. The van der Waals surface area contributed by atoms with E-state index in [-0.39, 0.29) is 17.9 Å². The van der Waals surface area contributed by atoms with Crippen LogP contribution in [0, 0.1) is 0 Å². The first kappa shape index (κ1) is 11.2. The van der Waals surface area contributed by atoms with Crippen molar-refractivity contribution in [1.82, 2.24) is 0 Å². The minimum Gasteiger partial charge on any atom is -0.462 e. The molecule has 0 aliphatic heterocycles. The summed E-state index contributed by atoms with van der Waals surface area (Å²) < 4.78 is 4.82. The summed E-state index contributed by atoms with van der Waals surface area (Å²) in [5.74, 6) is 4.74. The van der Waals surface area contributed by atoms with Gasteiger partial charge in [0, 0.05) is 5.56 Å². The van der Waals surface area contributed by atoms with Crippen molar-refractivity contribution in [3.05, 3.63) is 29.3 Å². The van der Waals surface area contributed by atoms with Crippen LogP contribution < -0.4 is 11.3 Å². The summed E-state index contributed by atoms with van der Waals surface area (Å²) in [7, 11) is 0. The number of hydrogen-bond donors (Lipinski definition) is 2. The molecule has 1 rings (SSSR count). The standard InChI is InChI=1S/C10H12N2O3/c1-2-15-10(14)8-5-3-4-7(6-13)9(8)12-11/h3-6,12H,2,11H2,1H3. The molecule has 15 heavy (non-hydrogen) atoms. The highest BCUT2D eigenvalue weighted by Crippen LogP contribution is 2.19. The Balaban J connectivity index is 3.16. The van der Waals surface area contributed by atoms with Crippen LogP contribution in [0.5, 0.6) is 0 Å². The quantitative estimate of drug-likeness (QED) is 0.333. The third-order valence-corrected chi connectivity index (χ3v) is 1.86. The summed E-state index contributed by atoms with van der Waals surface area (Å²) in [6.07, 6.45) is 0.623. The van der Waals surface area contributed by atoms with E-state index in [1.165, 1.54) is 0 Å². The molecule has 0 saturated carbocycles. The van der Waals surface area contributed by atoms with Crippen LogP contribution in [0.25, 0.3) is 0 Å². The topological polar surface area (TPSA) is 81.4 Å². The number of ether oxygens (including phenoxy) is 1. The fourth-order valence-corrected chi connectivity index (χ4v) is 1.21. The third kappa shape index (κ3) is 2.32. The number of esters is 1. The number of hydrazine groups is 1. The average molecular weight is 208 g/mol. The molecule has 0 spiro atoms. The van der Waals surface area contributed by atoms with Crippen LogP contribution in [0.15, 0.2) is 18.2 Å². The Morgan fingerprint density at radius 2 is 2.33 bits per heavy atom. The number of carbonyl (C=O) groups is 2. The minimum atomic E-state index is -0.505. The number of nitrogens with two attached hydrogens (primary N) is 1. The van der Waals surface area contributed by atoms with E-state index in [4.69, 9.17) is 10.6 Å². The second-order valence-electron chi connectivity index (χ2n) is 2.75. The molecule has 0 bridgehead atoms. The van der Waals surface area contributed by atoms with E-state index >= 15 is 0 Å². The predicted molar refractivity (Wildman–Crippen MR) is 55.6 cm³/mol. The second-order valence-corrected chi connectivity index (χ2v) is 2.75. The summed E-state index contributed by atoms with van der Waals surface area (Å²) in [5, 5.41) is 0. The number of aldehydes is 1. The van der Waals surface area contributed by atoms with E-state index in [1.807, 2.05) is 0 Å². The largest absolute Gasteiger partial charge is 0.462 e. The first-order valence-electron chi connectivity index (χ1n) is 4.46. The van der Waals surface area contributed by atoms with E-state index in [9.17, 15) is 9.59 Å². The van der Waals surface area contributed by atoms with Gasteiger partial charge in [-0.3, -0.25) is 10.6 Å². The highest BCUT2D eigenvalue weighted by atomic mass is 16.5. The number of nitrogens with one attached hydrogen (secondary N) is 1. The molecule has 0 amide bonds. The van der Waals surface area contributed by atoms with Crippen LogP contribution in [-0.4, -0.2) is 18.9 Å². The zero-order valence-electron chi connectivity index (χ0n) is 8.32. The van der Waals surface area contributed by atoms with Gasteiger partial charge in [-0.25, -0.2) is 4.79 Å². The van der Waals surface area contributed by atoms with Crippen molar-refractivity contribution in [2.45, 2.75) is 6.92 Å². The lowest BCUT2D eigenvalue weighted by atomic mass is 10.1. The van der Waals surface area contributed by atoms with E-state index in [0.29, 0.717) is 11.8 Å². The first-order chi connectivity index (χ1) is 7.24. The van der Waals surface area contributed by atoms with Gasteiger partial charge in [-0.1, -0.05) is 6.07 Å². The summed E-state index contributed by atoms with van der Waals surface area (Å²) in [6, 6.07) is 4.70. The molecular weight excluding hydrogens is 196 g/mol. The molecule has 0 fully saturated rings. The van der Waals surface area contributed by atoms with E-state index in [0.717, 1.165) is 0 Å². The molecule has 0 atom stereocenters. The molecule has 0 aliphatic carbocycles. The summed E-state index contributed by atoms with van der Waals surface area (Å²) in [4.78, 5) is 22.1. The first-order valence-corrected chi connectivity index (χ1v) is 4.46. The predicted octanol–water partition coefficient (Wildman–Crippen LogP) is 0.961. The van der Waals surface area contributed by atoms with Crippen molar-refractivity contribution in [3.63, 3.8) is 0 Å². The maximum atomic E-state index is 11.5. The number of para-hydroxylation sites is 1. The Labute approximate surface area is 87.2 Å². The molecule has 0 aromatic heterocycles. The van der Waals surface area contributed by atoms with Gasteiger partial charge in [0.2, 0.25) is 0 Å². The molecule has 0 aliphatic rings. The maximum Gasteiger partial charge on any atom is 0.340 e. The Morgan fingerprint density at radius 3 is 2.87 bits per heavy atom. The van der Waals surface area contributed by atoms with Gasteiger partial charge in [0.1, 0.15) is 0 Å². The van der Waals surface area contributed by atoms with E-state index < -0.39 is 5.97 Å². The number of nitrogen functional groups attached to an aromatic ring is 1. The molecule has 80 valence electrons. The molecule has 0 saturated heterocycles. The van der Waals surface area contributed by atoms with Crippen LogP contribution in [0.2, 0.25) is 0 Å². The average Bonchev–Trinajstić information content (AvgIpc) is 2.28. The monoisotopic (exact) mass is 208 g/mol. The lowest BCUT2D eigenvalue weighted by molar-refractivity contribution is 0.0527. The van der Waals surface area contributed by atoms with Gasteiger partial charge >= 0.3 is 5.97 Å². The highest BCUT2D eigenvalue weighted by Gasteiger charge is 2.14. The van der Waals surface area contributed by atoms with Crippen molar-refractivity contribution in [3.8, 4) is 0 Å². The van der Waals surface area contributed by atoms with Crippen LogP contribution in [0.4, 0.5) is 5.69 Å². The number of anilines is 1. The molecule has 1 aromatic rings. The van der Waals surface area contributed by atoms with E-state index in [2.05, 4.69) is 5.43 Å². The zero-order valence-corrected chi connectivity index (χ0v) is 8.32. The number of benzene rings is 1. The van der Waals surface area contributed by atoms with Crippen molar-refractivity contribution in [1.29, 1.82) is 0 Å². The smallest absolute Gasteiger partial charge is 0.340 e. The lowest BCUT2D eigenvalue weighted by Gasteiger charge is -2.09. The molecule has 0 heterocycles. The Morgan fingerprint density at radius 1 is 1.60 bits per heavy atom. The van der Waals surface area contributed by atoms with Gasteiger partial charge < -0.3 is 10.2 Å². The zero-order chi connectivity index (χ0) is 11.3. The minimum absolute atomic E-state index is 0.254. The van der Waals surface area contributed by atoms with Gasteiger partial charge in [0.15, 0.2) is 6.29 Å². The summed E-state index contributed by atoms with van der Waals surface area (Å²) in [6.45, 7) is 1.98. The van der Waals surface area contributed by atoms with Crippen LogP contribution in [0.3, 0.4) is 0 Å². The highest BCUT2D eigenvalue weighted by molar-refractivity contribution is 6.00. The lowest BCUT2D eigenvalue weighted by Crippen LogP contribution is -2.15. The fourth-order valence-electron chi connectivity index (χ4n) is 1.21. The van der Waals surface area contributed by atoms with Gasteiger partial charge in [-0.2, -0.15) is 0 Å². The van der Waals surface area contributed by atoms with E-state index in [1.54, 1.807) is 25.1 Å². The number of carbonyl (C=O) groups excluding carboxylic acids is 2. The normalized spacial score (nSPS) is 9.47. The molecular formula is C10H12N2O3. The number of rotatable bonds is 4. The Hall–Kier alpha value is -1.88. The SMILES string of the molecule is CCOC(=O)c1cccc(C=O)c1NN. The Bertz CT molecular complexity index is 377. The maximum absolute atomic E-state index is 11.5. The van der Waals surface area contributed by atoms with Gasteiger partial charge in [-0.05, 0) is 19.1 Å². The molecule has 5 nitrogen and oxygen atoms in total. The number of hydrogen-bond acceptors (Lipinski definition) is 5.